The SMILES string of the molecule is CCN1C(=O)/C(=C\c2cc(OC)c(O)c(OC)c2)SC1=Nc1ccc(OC)cc1. The van der Waals surface area contributed by atoms with E-state index < -0.39 is 0 Å². The summed E-state index contributed by atoms with van der Waals surface area (Å²) < 4.78 is 15.5. The van der Waals surface area contributed by atoms with E-state index in [2.05, 4.69) is 4.99 Å². The van der Waals surface area contributed by atoms with Crippen molar-refractivity contribution in [3.05, 3.63) is 46.9 Å². The minimum atomic E-state index is -0.129. The highest BCUT2D eigenvalue weighted by molar-refractivity contribution is 8.18. The molecule has 3 rings (SSSR count). The number of hydrogen-bond donors (Lipinski definition) is 1. The summed E-state index contributed by atoms with van der Waals surface area (Å²) in [6.07, 6.45) is 1.73. The van der Waals surface area contributed by atoms with Crippen molar-refractivity contribution in [1.29, 1.82) is 0 Å². The smallest absolute Gasteiger partial charge is 0.266 e. The molecule has 1 aliphatic rings. The maximum atomic E-state index is 12.8. The van der Waals surface area contributed by atoms with Gasteiger partial charge in [0.1, 0.15) is 5.75 Å². The molecule has 2 aromatic carbocycles. The Morgan fingerprint density at radius 3 is 2.21 bits per heavy atom. The number of phenols is 1. The maximum Gasteiger partial charge on any atom is 0.266 e. The van der Waals surface area contributed by atoms with Gasteiger partial charge in [0.2, 0.25) is 5.75 Å². The molecule has 1 aliphatic heterocycles. The molecule has 1 saturated heterocycles. The van der Waals surface area contributed by atoms with Crippen LogP contribution in [0.15, 0.2) is 46.3 Å². The number of nitrogens with zero attached hydrogens (tertiary/aromatic N) is 2. The zero-order chi connectivity index (χ0) is 21.0. The number of ether oxygens (including phenoxy) is 3. The predicted octanol–water partition coefficient (Wildman–Crippen LogP) is 4.04. The van der Waals surface area contributed by atoms with Crippen LogP contribution in [0.5, 0.6) is 23.0 Å². The highest BCUT2D eigenvalue weighted by Crippen LogP contribution is 2.39. The third-order valence-corrected chi connectivity index (χ3v) is 5.31. The molecule has 0 bridgehead atoms. The molecule has 0 aromatic heterocycles. The van der Waals surface area contributed by atoms with Crippen molar-refractivity contribution < 1.29 is 24.1 Å². The van der Waals surface area contributed by atoms with Crippen molar-refractivity contribution in [2.45, 2.75) is 6.92 Å². The first-order valence-corrected chi connectivity index (χ1v) is 9.71. The van der Waals surface area contributed by atoms with Crippen LogP contribution < -0.4 is 14.2 Å². The highest BCUT2D eigenvalue weighted by Gasteiger charge is 2.32. The van der Waals surface area contributed by atoms with Crippen LogP contribution in [0.3, 0.4) is 0 Å². The molecule has 0 spiro atoms. The number of amidine groups is 1. The van der Waals surface area contributed by atoms with Gasteiger partial charge in [-0.05, 0) is 66.7 Å². The molecular weight excluding hydrogens is 392 g/mol. The van der Waals surface area contributed by atoms with Crippen LogP contribution >= 0.6 is 11.8 Å². The van der Waals surface area contributed by atoms with Crippen molar-refractivity contribution >= 4 is 34.6 Å². The molecule has 8 heteroatoms. The summed E-state index contributed by atoms with van der Waals surface area (Å²) in [4.78, 5) is 19.6. The average molecular weight is 414 g/mol. The molecule has 29 heavy (non-hydrogen) atoms. The van der Waals surface area contributed by atoms with E-state index in [0.29, 0.717) is 22.2 Å². The van der Waals surface area contributed by atoms with Gasteiger partial charge in [-0.25, -0.2) is 4.99 Å². The Hall–Kier alpha value is -3.13. The summed E-state index contributed by atoms with van der Waals surface area (Å²) in [6, 6.07) is 10.6. The summed E-state index contributed by atoms with van der Waals surface area (Å²) in [5.41, 5.74) is 1.41. The number of hydrogen-bond acceptors (Lipinski definition) is 7. The van der Waals surface area contributed by atoms with Gasteiger partial charge in [-0.3, -0.25) is 9.69 Å². The van der Waals surface area contributed by atoms with Gasteiger partial charge in [0.05, 0.1) is 31.9 Å². The molecular formula is C21H22N2O5S. The normalized spacial score (nSPS) is 16.6. The highest BCUT2D eigenvalue weighted by atomic mass is 32.2. The van der Waals surface area contributed by atoms with Crippen LogP contribution in [0.4, 0.5) is 5.69 Å². The summed E-state index contributed by atoms with van der Waals surface area (Å²) in [6.45, 7) is 2.40. The molecule has 0 aliphatic carbocycles. The van der Waals surface area contributed by atoms with Gasteiger partial charge in [0.25, 0.3) is 5.91 Å². The second kappa shape index (κ2) is 8.91. The lowest BCUT2D eigenvalue weighted by Gasteiger charge is -2.12. The minimum Gasteiger partial charge on any atom is -0.502 e. The van der Waals surface area contributed by atoms with Gasteiger partial charge >= 0.3 is 0 Å². The van der Waals surface area contributed by atoms with Crippen molar-refractivity contribution in [1.82, 2.24) is 4.90 Å². The summed E-state index contributed by atoms with van der Waals surface area (Å²) in [7, 11) is 4.52. The molecule has 0 atom stereocenters. The van der Waals surface area contributed by atoms with E-state index in [4.69, 9.17) is 14.2 Å². The fraction of sp³-hybridized carbons (Fsp3) is 0.238. The van der Waals surface area contributed by atoms with Crippen molar-refractivity contribution in [3.8, 4) is 23.0 Å². The second-order valence-corrected chi connectivity index (χ2v) is 7.04. The summed E-state index contributed by atoms with van der Waals surface area (Å²) in [5.74, 6) is 1.07. The van der Waals surface area contributed by atoms with Crippen molar-refractivity contribution in [2.24, 2.45) is 4.99 Å². The number of carbonyl (C=O) groups excluding carboxylic acids is 1. The van der Waals surface area contributed by atoms with Gasteiger partial charge in [-0.15, -0.1) is 0 Å². The van der Waals surface area contributed by atoms with Crippen LogP contribution in [0.25, 0.3) is 6.08 Å². The van der Waals surface area contributed by atoms with Gasteiger partial charge in [0.15, 0.2) is 16.7 Å². The number of thioether (sulfide) groups is 1. The topological polar surface area (TPSA) is 80.6 Å². The number of carbonyl (C=O) groups is 1. The van der Waals surface area contributed by atoms with E-state index in [1.807, 2.05) is 31.2 Å². The molecule has 1 amide bonds. The quantitative estimate of drug-likeness (QED) is 0.719. The van der Waals surface area contributed by atoms with E-state index in [1.54, 1.807) is 30.2 Å². The Kier molecular flexibility index (Phi) is 6.33. The minimum absolute atomic E-state index is 0.0838. The number of methoxy groups -OCH3 is 3. The van der Waals surface area contributed by atoms with E-state index in [1.165, 1.54) is 26.0 Å². The first kappa shape index (κ1) is 20.6. The first-order chi connectivity index (χ1) is 14.0. The van der Waals surface area contributed by atoms with Crippen LogP contribution in [-0.4, -0.2) is 49.0 Å². The Labute approximate surface area is 173 Å². The molecule has 1 N–H and O–H groups in total. The largest absolute Gasteiger partial charge is 0.502 e. The number of rotatable bonds is 6. The lowest BCUT2D eigenvalue weighted by Crippen LogP contribution is -2.28. The molecule has 1 heterocycles. The van der Waals surface area contributed by atoms with Gasteiger partial charge < -0.3 is 19.3 Å². The van der Waals surface area contributed by atoms with Crippen LogP contribution in [0.1, 0.15) is 12.5 Å². The fourth-order valence-electron chi connectivity index (χ4n) is 2.79. The van der Waals surface area contributed by atoms with Gasteiger partial charge in [-0.2, -0.15) is 0 Å². The number of phenolic OH excluding ortho intramolecular Hbond substituents is 1. The Morgan fingerprint density at radius 1 is 1.07 bits per heavy atom. The molecule has 2 aromatic rings. The van der Waals surface area contributed by atoms with Crippen molar-refractivity contribution in [2.75, 3.05) is 27.9 Å². The first-order valence-electron chi connectivity index (χ1n) is 8.89. The average Bonchev–Trinajstić information content (AvgIpc) is 3.03. The molecule has 7 nitrogen and oxygen atoms in total. The van der Waals surface area contributed by atoms with E-state index >= 15 is 0 Å². The van der Waals surface area contributed by atoms with Crippen molar-refractivity contribution in [3.63, 3.8) is 0 Å². The standard InChI is InChI=1S/C21H22N2O5S/c1-5-23-20(25)18(12-13-10-16(27-3)19(24)17(11-13)28-4)29-21(23)22-14-6-8-15(26-2)9-7-14/h6-12,24H,5H2,1-4H3/b18-12+,22-21?. The lowest BCUT2D eigenvalue weighted by molar-refractivity contribution is -0.122. The Balaban J connectivity index is 1.95. The molecule has 0 saturated carbocycles. The van der Waals surface area contributed by atoms with E-state index in [-0.39, 0.29) is 23.2 Å². The van der Waals surface area contributed by atoms with Crippen LogP contribution in [0, 0.1) is 0 Å². The second-order valence-electron chi connectivity index (χ2n) is 6.03. The molecule has 1 fully saturated rings. The van der Waals surface area contributed by atoms with E-state index in [0.717, 1.165) is 11.4 Å². The summed E-state index contributed by atoms with van der Waals surface area (Å²) in [5, 5.41) is 10.7. The third-order valence-electron chi connectivity index (χ3n) is 4.30. The number of amides is 1. The number of aliphatic imine (C=N–C) groups is 1. The predicted molar refractivity (Wildman–Crippen MR) is 114 cm³/mol. The summed E-state index contributed by atoms with van der Waals surface area (Å²) >= 11 is 1.29. The zero-order valence-corrected chi connectivity index (χ0v) is 17.4. The number of benzene rings is 2. The van der Waals surface area contributed by atoms with E-state index in [9.17, 15) is 9.90 Å². The fourth-order valence-corrected chi connectivity index (χ4v) is 3.85. The Bertz CT molecular complexity index is 945. The number of likely N-dealkylation sites (N-methyl/N-ethyl adjacent to an activating group) is 1. The van der Waals surface area contributed by atoms with Crippen LogP contribution in [0.2, 0.25) is 0 Å². The molecule has 152 valence electrons. The number of aromatic hydroxyl groups is 1. The Morgan fingerprint density at radius 2 is 1.69 bits per heavy atom. The van der Waals surface area contributed by atoms with Gasteiger partial charge in [-0.1, -0.05) is 0 Å². The molecule has 0 radical (unpaired) electrons. The van der Waals surface area contributed by atoms with Crippen LogP contribution in [-0.2, 0) is 4.79 Å². The lowest BCUT2D eigenvalue weighted by atomic mass is 10.1. The monoisotopic (exact) mass is 414 g/mol. The third kappa shape index (κ3) is 4.32. The zero-order valence-electron chi connectivity index (χ0n) is 16.6. The van der Waals surface area contributed by atoms with Gasteiger partial charge in [0, 0.05) is 6.54 Å². The molecule has 0 unspecified atom stereocenters. The maximum absolute atomic E-state index is 12.8.